The number of hydrogen-bond donors (Lipinski definition) is 2. The van der Waals surface area contributed by atoms with Crippen LogP contribution in [0.2, 0.25) is 5.02 Å². The quantitative estimate of drug-likeness (QED) is 0.622. The van der Waals surface area contributed by atoms with Crippen molar-refractivity contribution in [2.75, 3.05) is 5.75 Å². The van der Waals surface area contributed by atoms with E-state index in [1.165, 1.54) is 22.5 Å². The standard InChI is InChI=1S/C23H24ClF2N3O4S/c1-22(2,3)33-21(32)27-15-11-34-18-14(19(30)28-16-8-23(16,25)26)10-29(20(31)17(15)18)9-12-4-6-13(24)7-5-12/h4-7,10,15-16H,8-9,11H2,1-3H3,(H,27,32)(H,28,30)/t15-,16+/m0/s1. The third-order valence-electron chi connectivity index (χ3n) is 5.34. The summed E-state index contributed by atoms with van der Waals surface area (Å²) in [5.74, 6) is -3.31. The Morgan fingerprint density at radius 2 is 1.88 bits per heavy atom. The lowest BCUT2D eigenvalue weighted by molar-refractivity contribution is 0.0508. The van der Waals surface area contributed by atoms with Gasteiger partial charge in [0.2, 0.25) is 0 Å². The van der Waals surface area contributed by atoms with Crippen molar-refractivity contribution >= 4 is 35.4 Å². The molecule has 11 heteroatoms. The number of benzene rings is 1. The van der Waals surface area contributed by atoms with Crippen LogP contribution in [0.3, 0.4) is 0 Å². The fourth-order valence-electron chi connectivity index (χ4n) is 3.62. The molecule has 0 spiro atoms. The summed E-state index contributed by atoms with van der Waals surface area (Å²) in [5.41, 5.74) is -0.00654. The normalized spacial score (nSPS) is 20.4. The maximum Gasteiger partial charge on any atom is 0.408 e. The van der Waals surface area contributed by atoms with E-state index >= 15 is 0 Å². The molecule has 4 rings (SSSR count). The first-order valence-corrected chi connectivity index (χ1v) is 12.0. The molecule has 1 aromatic carbocycles. The van der Waals surface area contributed by atoms with Gasteiger partial charge in [0, 0.05) is 28.3 Å². The smallest absolute Gasteiger partial charge is 0.408 e. The molecule has 1 aliphatic carbocycles. The van der Waals surface area contributed by atoms with E-state index in [9.17, 15) is 23.2 Å². The monoisotopic (exact) mass is 511 g/mol. The highest BCUT2D eigenvalue weighted by molar-refractivity contribution is 7.99. The highest BCUT2D eigenvalue weighted by atomic mass is 35.5. The van der Waals surface area contributed by atoms with Crippen molar-refractivity contribution in [3.63, 3.8) is 0 Å². The number of nitrogens with one attached hydrogen (secondary N) is 2. The molecule has 182 valence electrons. The summed E-state index contributed by atoms with van der Waals surface area (Å²) in [7, 11) is 0. The SMILES string of the molecule is CC(C)(C)OC(=O)N[C@H]1CSc2c(C(=O)N[C@@H]3CC3(F)F)cn(Cc3ccc(Cl)cc3)c(=O)c21. The van der Waals surface area contributed by atoms with E-state index < -0.39 is 42.0 Å². The highest BCUT2D eigenvalue weighted by Gasteiger charge is 2.58. The first-order chi connectivity index (χ1) is 15.8. The van der Waals surface area contributed by atoms with Crippen molar-refractivity contribution < 1.29 is 23.1 Å². The molecule has 2 heterocycles. The van der Waals surface area contributed by atoms with E-state index in [4.69, 9.17) is 16.3 Å². The van der Waals surface area contributed by atoms with Crippen LogP contribution in [0, 0.1) is 0 Å². The molecule has 2 aliphatic rings. The number of thioether (sulfide) groups is 1. The van der Waals surface area contributed by atoms with Crippen LogP contribution in [0.5, 0.6) is 0 Å². The molecule has 7 nitrogen and oxygen atoms in total. The molecule has 34 heavy (non-hydrogen) atoms. The summed E-state index contributed by atoms with van der Waals surface area (Å²) in [5, 5.41) is 5.58. The van der Waals surface area contributed by atoms with E-state index in [-0.39, 0.29) is 23.2 Å². The number of nitrogens with zero attached hydrogens (tertiary/aromatic N) is 1. The van der Waals surface area contributed by atoms with Crippen LogP contribution in [0.15, 0.2) is 40.2 Å². The van der Waals surface area contributed by atoms with Gasteiger partial charge >= 0.3 is 6.09 Å². The molecule has 1 aromatic heterocycles. The van der Waals surface area contributed by atoms with Gasteiger partial charge in [0.15, 0.2) is 0 Å². The van der Waals surface area contributed by atoms with E-state index in [1.807, 2.05) is 0 Å². The Morgan fingerprint density at radius 3 is 2.47 bits per heavy atom. The number of ether oxygens (including phenoxy) is 1. The molecule has 2 N–H and O–H groups in total. The molecule has 1 aliphatic heterocycles. The maximum absolute atomic E-state index is 13.4. The number of hydrogen-bond acceptors (Lipinski definition) is 5. The fourth-order valence-corrected chi connectivity index (χ4v) is 5.01. The predicted molar refractivity (Wildman–Crippen MR) is 125 cm³/mol. The summed E-state index contributed by atoms with van der Waals surface area (Å²) in [6, 6.07) is 4.93. The van der Waals surface area contributed by atoms with Crippen LogP contribution in [0.25, 0.3) is 0 Å². The number of rotatable bonds is 5. The topological polar surface area (TPSA) is 89.4 Å². The Kier molecular flexibility index (Phi) is 6.41. The van der Waals surface area contributed by atoms with E-state index in [0.29, 0.717) is 15.7 Å². The lowest BCUT2D eigenvalue weighted by Crippen LogP contribution is -2.38. The molecular weight excluding hydrogens is 488 g/mol. The predicted octanol–water partition coefficient (Wildman–Crippen LogP) is 4.36. The number of pyridine rings is 1. The molecule has 2 amide bonds. The van der Waals surface area contributed by atoms with Crippen molar-refractivity contribution in [1.82, 2.24) is 15.2 Å². The third-order valence-corrected chi connectivity index (χ3v) is 6.82. The van der Waals surface area contributed by atoms with Crippen LogP contribution < -0.4 is 16.2 Å². The van der Waals surface area contributed by atoms with Gasteiger partial charge in [-0.05, 0) is 38.5 Å². The summed E-state index contributed by atoms with van der Waals surface area (Å²) in [6.45, 7) is 5.30. The van der Waals surface area contributed by atoms with Crippen molar-refractivity contribution in [2.45, 2.75) is 62.2 Å². The summed E-state index contributed by atoms with van der Waals surface area (Å²) < 4.78 is 33.5. The summed E-state index contributed by atoms with van der Waals surface area (Å²) in [6.07, 6.45) is 0.276. The largest absolute Gasteiger partial charge is 0.444 e. The number of alkyl halides is 2. The van der Waals surface area contributed by atoms with Crippen molar-refractivity contribution in [3.8, 4) is 0 Å². The Balaban J connectivity index is 1.70. The number of amides is 2. The maximum atomic E-state index is 13.4. The Morgan fingerprint density at radius 1 is 1.24 bits per heavy atom. The molecular formula is C23H24ClF2N3O4S. The van der Waals surface area contributed by atoms with Gasteiger partial charge in [-0.15, -0.1) is 11.8 Å². The Bertz CT molecular complexity index is 1190. The molecule has 0 radical (unpaired) electrons. The molecule has 0 saturated heterocycles. The van der Waals surface area contributed by atoms with Crippen LogP contribution in [-0.4, -0.2) is 39.9 Å². The molecule has 2 aromatic rings. The number of halogens is 3. The van der Waals surface area contributed by atoms with Gasteiger partial charge in [-0.25, -0.2) is 13.6 Å². The van der Waals surface area contributed by atoms with E-state index in [0.717, 1.165) is 5.56 Å². The van der Waals surface area contributed by atoms with Crippen LogP contribution in [-0.2, 0) is 11.3 Å². The molecule has 0 bridgehead atoms. The molecule has 0 unspecified atom stereocenters. The second-order valence-corrected chi connectivity index (χ2v) is 10.8. The average Bonchev–Trinajstić information content (AvgIpc) is 3.12. The zero-order valence-corrected chi connectivity index (χ0v) is 20.4. The fraction of sp³-hybridized carbons (Fsp3) is 0.435. The van der Waals surface area contributed by atoms with Gasteiger partial charge in [-0.3, -0.25) is 9.59 Å². The first kappa shape index (κ1) is 24.5. The van der Waals surface area contributed by atoms with Crippen LogP contribution >= 0.6 is 23.4 Å². The first-order valence-electron chi connectivity index (χ1n) is 10.7. The minimum atomic E-state index is -2.93. The number of alkyl carbamates (subject to hydrolysis) is 1. The second kappa shape index (κ2) is 8.88. The van der Waals surface area contributed by atoms with E-state index in [1.54, 1.807) is 45.0 Å². The number of fused-ring (bicyclic) bond motifs is 1. The minimum absolute atomic E-state index is 0.116. The van der Waals surface area contributed by atoms with Crippen molar-refractivity contribution in [2.24, 2.45) is 0 Å². The Labute approximate surface area is 204 Å². The van der Waals surface area contributed by atoms with Gasteiger partial charge in [-0.2, -0.15) is 0 Å². The van der Waals surface area contributed by atoms with Crippen LogP contribution in [0.4, 0.5) is 13.6 Å². The van der Waals surface area contributed by atoms with Gasteiger partial charge in [0.1, 0.15) is 5.60 Å². The summed E-state index contributed by atoms with van der Waals surface area (Å²) >= 11 is 7.16. The van der Waals surface area contributed by atoms with Crippen molar-refractivity contribution in [1.29, 1.82) is 0 Å². The second-order valence-electron chi connectivity index (χ2n) is 9.35. The van der Waals surface area contributed by atoms with Crippen LogP contribution in [0.1, 0.15) is 54.7 Å². The molecule has 1 fully saturated rings. The van der Waals surface area contributed by atoms with E-state index in [2.05, 4.69) is 10.6 Å². The minimum Gasteiger partial charge on any atom is -0.444 e. The summed E-state index contributed by atoms with van der Waals surface area (Å²) in [4.78, 5) is 39.1. The Hall–Kier alpha value is -2.59. The number of aromatic nitrogens is 1. The highest BCUT2D eigenvalue weighted by Crippen LogP contribution is 2.43. The number of carbonyl (C=O) groups is 2. The van der Waals surface area contributed by atoms with Crippen molar-refractivity contribution in [3.05, 3.63) is 62.5 Å². The van der Waals surface area contributed by atoms with Gasteiger partial charge in [0.25, 0.3) is 17.4 Å². The zero-order chi connectivity index (χ0) is 24.8. The number of carbonyl (C=O) groups excluding carboxylic acids is 2. The lowest BCUT2D eigenvalue weighted by atomic mass is 10.1. The molecule has 2 atom stereocenters. The lowest BCUT2D eigenvalue weighted by Gasteiger charge is -2.22. The zero-order valence-electron chi connectivity index (χ0n) is 18.8. The van der Waals surface area contributed by atoms with Gasteiger partial charge < -0.3 is 19.9 Å². The van der Waals surface area contributed by atoms with Gasteiger partial charge in [-0.1, -0.05) is 23.7 Å². The molecule has 1 saturated carbocycles. The van der Waals surface area contributed by atoms with Gasteiger partial charge in [0.05, 0.1) is 29.8 Å². The average molecular weight is 512 g/mol. The third kappa shape index (κ3) is 5.38.